The van der Waals surface area contributed by atoms with E-state index in [0.29, 0.717) is 25.6 Å². The summed E-state index contributed by atoms with van der Waals surface area (Å²) in [6.45, 7) is 5.82. The molecule has 1 aliphatic heterocycles. The van der Waals surface area contributed by atoms with Crippen molar-refractivity contribution in [3.8, 4) is 0 Å². The van der Waals surface area contributed by atoms with Crippen LogP contribution < -0.4 is 20.9 Å². The van der Waals surface area contributed by atoms with Gasteiger partial charge < -0.3 is 20.9 Å². The lowest BCUT2D eigenvalue weighted by Crippen LogP contribution is -2.47. The van der Waals surface area contributed by atoms with Crippen LogP contribution in [-0.2, 0) is 17.8 Å². The van der Waals surface area contributed by atoms with Gasteiger partial charge in [0.2, 0.25) is 5.91 Å². The van der Waals surface area contributed by atoms with Crippen LogP contribution >= 0.6 is 11.3 Å². The summed E-state index contributed by atoms with van der Waals surface area (Å²) in [5.74, 6) is 1.44. The number of carbonyl (C=O) groups excluding carboxylic acids is 1. The fourth-order valence-electron chi connectivity index (χ4n) is 3.21. The van der Waals surface area contributed by atoms with Gasteiger partial charge in [0.15, 0.2) is 5.96 Å². The van der Waals surface area contributed by atoms with Crippen LogP contribution in [0.1, 0.15) is 17.4 Å². The van der Waals surface area contributed by atoms with E-state index in [1.807, 2.05) is 11.3 Å². The molecule has 0 radical (unpaired) electrons. The molecule has 1 atom stereocenters. The van der Waals surface area contributed by atoms with Gasteiger partial charge in [0.25, 0.3) is 0 Å². The number of nitrogens with zero attached hydrogens (tertiary/aromatic N) is 2. The molecule has 1 amide bonds. The summed E-state index contributed by atoms with van der Waals surface area (Å²) < 4.78 is 0. The van der Waals surface area contributed by atoms with Crippen LogP contribution in [0.4, 0.5) is 5.69 Å². The lowest BCUT2D eigenvalue weighted by Gasteiger charge is -2.28. The van der Waals surface area contributed by atoms with Gasteiger partial charge in [-0.25, -0.2) is 0 Å². The van der Waals surface area contributed by atoms with Crippen LogP contribution in [0.5, 0.6) is 0 Å². The molecular formula is C21H29N5OS. The average Bonchev–Trinajstić information content (AvgIpc) is 3.21. The van der Waals surface area contributed by atoms with Crippen molar-refractivity contribution in [1.29, 1.82) is 0 Å². The Bertz CT molecular complexity index is 773. The van der Waals surface area contributed by atoms with Crippen LogP contribution in [0, 0.1) is 5.92 Å². The standard InChI is InChI=1S/C21H29N5OS/c1-16(12-19-4-3-11-28-19)13-24-21(22-2)25-14-17-5-7-18(8-6-17)26-10-9-23-20(27)15-26/h3-8,11,16H,9-10,12-15H2,1-2H3,(H,23,27)(H2,22,24,25). The minimum Gasteiger partial charge on any atom is -0.360 e. The third kappa shape index (κ3) is 5.99. The van der Waals surface area contributed by atoms with E-state index in [1.165, 1.54) is 10.4 Å². The van der Waals surface area contributed by atoms with E-state index >= 15 is 0 Å². The number of carbonyl (C=O) groups is 1. The summed E-state index contributed by atoms with van der Waals surface area (Å²) in [5, 5.41) is 11.8. The minimum absolute atomic E-state index is 0.0835. The Morgan fingerprint density at radius 2 is 2.11 bits per heavy atom. The first-order chi connectivity index (χ1) is 13.6. The second kappa shape index (κ2) is 10.1. The molecule has 0 bridgehead atoms. The molecule has 6 nitrogen and oxygen atoms in total. The predicted molar refractivity (Wildman–Crippen MR) is 117 cm³/mol. The Morgan fingerprint density at radius 3 is 2.79 bits per heavy atom. The molecule has 28 heavy (non-hydrogen) atoms. The van der Waals surface area contributed by atoms with Crippen LogP contribution in [0.3, 0.4) is 0 Å². The fraction of sp³-hybridized carbons (Fsp3) is 0.429. The Morgan fingerprint density at radius 1 is 1.29 bits per heavy atom. The van der Waals surface area contributed by atoms with Gasteiger partial charge in [-0.05, 0) is 41.5 Å². The Balaban J connectivity index is 1.43. The molecule has 1 saturated heterocycles. The van der Waals surface area contributed by atoms with Gasteiger partial charge in [-0.15, -0.1) is 11.3 Å². The fourth-order valence-corrected chi connectivity index (χ4v) is 4.08. The summed E-state index contributed by atoms with van der Waals surface area (Å²) in [5.41, 5.74) is 2.27. The smallest absolute Gasteiger partial charge is 0.239 e. The van der Waals surface area contributed by atoms with E-state index in [4.69, 9.17) is 0 Å². The van der Waals surface area contributed by atoms with E-state index in [2.05, 4.69) is 74.5 Å². The number of hydrogen-bond acceptors (Lipinski definition) is 4. The summed E-state index contributed by atoms with van der Waals surface area (Å²) in [4.78, 5) is 19.4. The van der Waals surface area contributed by atoms with Gasteiger partial charge in [-0.2, -0.15) is 0 Å². The molecule has 1 aromatic heterocycles. The van der Waals surface area contributed by atoms with E-state index in [0.717, 1.165) is 31.2 Å². The zero-order chi connectivity index (χ0) is 19.8. The zero-order valence-corrected chi connectivity index (χ0v) is 17.4. The SMILES string of the molecule is CN=C(NCc1ccc(N2CCNC(=O)C2)cc1)NCC(C)Cc1cccs1. The lowest BCUT2D eigenvalue weighted by molar-refractivity contribution is -0.120. The lowest BCUT2D eigenvalue weighted by atomic mass is 10.1. The Kier molecular flexibility index (Phi) is 7.31. The van der Waals surface area contributed by atoms with Gasteiger partial charge in [0, 0.05) is 43.8 Å². The summed E-state index contributed by atoms with van der Waals surface area (Å²) in [6.07, 6.45) is 1.08. The molecule has 0 spiro atoms. The maximum atomic E-state index is 11.5. The molecule has 1 aromatic carbocycles. The third-order valence-electron chi connectivity index (χ3n) is 4.77. The first-order valence-corrected chi connectivity index (χ1v) is 10.6. The van der Waals surface area contributed by atoms with Crippen molar-refractivity contribution < 1.29 is 4.79 Å². The van der Waals surface area contributed by atoms with Crippen molar-refractivity contribution in [2.45, 2.75) is 19.9 Å². The number of anilines is 1. The average molecular weight is 400 g/mol. The van der Waals surface area contributed by atoms with E-state index in [-0.39, 0.29) is 5.91 Å². The van der Waals surface area contributed by atoms with Crippen molar-refractivity contribution in [2.24, 2.45) is 10.9 Å². The van der Waals surface area contributed by atoms with Crippen molar-refractivity contribution in [2.75, 3.05) is 38.1 Å². The Hall–Kier alpha value is -2.54. The van der Waals surface area contributed by atoms with Gasteiger partial charge in [-0.1, -0.05) is 25.1 Å². The van der Waals surface area contributed by atoms with Crippen molar-refractivity contribution >= 4 is 28.9 Å². The highest BCUT2D eigenvalue weighted by atomic mass is 32.1. The molecule has 0 aliphatic carbocycles. The number of guanidine groups is 1. The van der Waals surface area contributed by atoms with Crippen LogP contribution in [-0.4, -0.2) is 45.1 Å². The molecular weight excluding hydrogens is 370 g/mol. The highest BCUT2D eigenvalue weighted by Crippen LogP contribution is 2.16. The highest BCUT2D eigenvalue weighted by molar-refractivity contribution is 7.09. The second-order valence-corrected chi connectivity index (χ2v) is 8.17. The maximum Gasteiger partial charge on any atom is 0.239 e. The van der Waals surface area contributed by atoms with Crippen molar-refractivity contribution in [1.82, 2.24) is 16.0 Å². The van der Waals surface area contributed by atoms with Crippen LogP contribution in [0.25, 0.3) is 0 Å². The molecule has 3 N–H and O–H groups in total. The van der Waals surface area contributed by atoms with Crippen molar-refractivity contribution in [3.63, 3.8) is 0 Å². The summed E-state index contributed by atoms with van der Waals surface area (Å²) in [7, 11) is 1.80. The van der Waals surface area contributed by atoms with Crippen LogP contribution in [0.15, 0.2) is 46.8 Å². The number of piperazine rings is 1. The largest absolute Gasteiger partial charge is 0.360 e. The second-order valence-electron chi connectivity index (χ2n) is 7.13. The third-order valence-corrected chi connectivity index (χ3v) is 5.67. The number of hydrogen-bond donors (Lipinski definition) is 3. The molecule has 1 aliphatic rings. The van der Waals surface area contributed by atoms with Gasteiger partial charge in [0.05, 0.1) is 6.54 Å². The Labute approximate surface area is 171 Å². The predicted octanol–water partition coefficient (Wildman–Crippen LogP) is 2.23. The number of nitrogens with one attached hydrogen (secondary N) is 3. The maximum absolute atomic E-state index is 11.5. The summed E-state index contributed by atoms with van der Waals surface area (Å²) >= 11 is 1.81. The first kappa shape index (κ1) is 20.2. The first-order valence-electron chi connectivity index (χ1n) is 9.71. The van der Waals surface area contributed by atoms with E-state index in [9.17, 15) is 4.79 Å². The molecule has 1 fully saturated rings. The molecule has 2 heterocycles. The van der Waals surface area contributed by atoms with E-state index < -0.39 is 0 Å². The highest BCUT2D eigenvalue weighted by Gasteiger charge is 2.16. The molecule has 7 heteroatoms. The number of rotatable bonds is 7. The van der Waals surface area contributed by atoms with Crippen molar-refractivity contribution in [3.05, 3.63) is 52.2 Å². The minimum atomic E-state index is 0.0835. The number of aliphatic imine (C=N–C) groups is 1. The van der Waals surface area contributed by atoms with Gasteiger partial charge >= 0.3 is 0 Å². The monoisotopic (exact) mass is 399 g/mol. The topological polar surface area (TPSA) is 68.8 Å². The molecule has 0 saturated carbocycles. The quantitative estimate of drug-likeness (QED) is 0.493. The van der Waals surface area contributed by atoms with Crippen LogP contribution in [0.2, 0.25) is 0 Å². The molecule has 3 rings (SSSR count). The number of amides is 1. The van der Waals surface area contributed by atoms with Gasteiger partial charge in [0.1, 0.15) is 0 Å². The zero-order valence-electron chi connectivity index (χ0n) is 16.6. The molecule has 2 aromatic rings. The molecule has 150 valence electrons. The summed E-state index contributed by atoms with van der Waals surface area (Å²) in [6, 6.07) is 12.6. The van der Waals surface area contributed by atoms with Gasteiger partial charge in [-0.3, -0.25) is 9.79 Å². The van der Waals surface area contributed by atoms with E-state index in [1.54, 1.807) is 7.05 Å². The number of thiophene rings is 1. The number of benzene rings is 1. The molecule has 1 unspecified atom stereocenters. The normalized spacial score (nSPS) is 15.9.